The van der Waals surface area contributed by atoms with Gasteiger partial charge in [-0.05, 0) is 62.9 Å². The number of thioether (sulfide) groups is 1. The van der Waals surface area contributed by atoms with E-state index in [2.05, 4.69) is 10.5 Å². The summed E-state index contributed by atoms with van der Waals surface area (Å²) < 4.78 is 11.0. The highest BCUT2D eigenvalue weighted by Gasteiger charge is 2.31. The summed E-state index contributed by atoms with van der Waals surface area (Å²) >= 11 is 1.00. The number of carbonyl (C=O) groups excluding carboxylic acids is 3. The Morgan fingerprint density at radius 1 is 1.06 bits per heavy atom. The first-order chi connectivity index (χ1) is 16.6. The highest BCUT2D eigenvalue weighted by atomic mass is 32.2. The SMILES string of the molecule is CC(=O)Oc1c(C)c(C)c(O)c(C(C)=NOCCOc2ccc(CC3SC(=O)NC3=O)cc2)c1C. The van der Waals surface area contributed by atoms with E-state index < -0.39 is 11.2 Å². The van der Waals surface area contributed by atoms with Gasteiger partial charge in [0.2, 0.25) is 5.91 Å². The van der Waals surface area contributed by atoms with Crippen LogP contribution in [0.4, 0.5) is 4.79 Å². The van der Waals surface area contributed by atoms with E-state index in [9.17, 15) is 19.5 Å². The third-order valence-corrected chi connectivity index (χ3v) is 6.56. The van der Waals surface area contributed by atoms with Crippen molar-refractivity contribution in [2.24, 2.45) is 5.16 Å². The minimum absolute atomic E-state index is 0.0648. The number of nitrogens with zero attached hydrogens (tertiary/aromatic N) is 1. The van der Waals surface area contributed by atoms with Gasteiger partial charge < -0.3 is 19.4 Å². The lowest BCUT2D eigenvalue weighted by Gasteiger charge is -2.18. The molecule has 1 heterocycles. The molecule has 35 heavy (non-hydrogen) atoms. The smallest absolute Gasteiger partial charge is 0.308 e. The predicted molar refractivity (Wildman–Crippen MR) is 132 cm³/mol. The summed E-state index contributed by atoms with van der Waals surface area (Å²) in [6, 6.07) is 7.27. The van der Waals surface area contributed by atoms with Gasteiger partial charge in [-0.25, -0.2) is 0 Å². The number of amides is 2. The molecule has 1 aliphatic heterocycles. The number of benzene rings is 2. The lowest BCUT2D eigenvalue weighted by Crippen LogP contribution is -2.25. The van der Waals surface area contributed by atoms with E-state index in [1.54, 1.807) is 39.8 Å². The van der Waals surface area contributed by atoms with Gasteiger partial charge in [0.25, 0.3) is 5.24 Å². The highest BCUT2D eigenvalue weighted by molar-refractivity contribution is 8.15. The minimum atomic E-state index is -0.443. The van der Waals surface area contributed by atoms with Crippen LogP contribution in [0.1, 0.15) is 41.7 Å². The maximum Gasteiger partial charge on any atom is 0.308 e. The standard InChI is InChI=1S/C25H28N2O7S/c1-13-14(2)23(34-17(5)28)15(3)21(22(13)29)16(4)27-33-11-10-32-19-8-6-18(7-9-19)12-20-24(30)26-25(31)35-20/h6-9,20,29H,10-12H2,1-5H3,(H,26,30,31). The Morgan fingerprint density at radius 2 is 1.74 bits per heavy atom. The molecular weight excluding hydrogens is 472 g/mol. The summed E-state index contributed by atoms with van der Waals surface area (Å²) in [5, 5.41) is 16.3. The van der Waals surface area contributed by atoms with E-state index in [0.29, 0.717) is 45.9 Å². The molecule has 0 radical (unpaired) electrons. The molecule has 2 aromatic rings. The van der Waals surface area contributed by atoms with E-state index in [0.717, 1.165) is 17.3 Å². The number of phenolic OH excluding ortho intramolecular Hbond substituents is 1. The van der Waals surface area contributed by atoms with Crippen LogP contribution in [0.5, 0.6) is 17.2 Å². The van der Waals surface area contributed by atoms with Crippen molar-refractivity contribution < 1.29 is 33.8 Å². The van der Waals surface area contributed by atoms with Gasteiger partial charge in [-0.3, -0.25) is 19.7 Å². The number of hydrogen-bond acceptors (Lipinski definition) is 9. The van der Waals surface area contributed by atoms with E-state index in [1.165, 1.54) is 6.92 Å². The zero-order chi connectivity index (χ0) is 25.7. The maximum absolute atomic E-state index is 11.7. The van der Waals surface area contributed by atoms with E-state index in [4.69, 9.17) is 14.3 Å². The Bertz CT molecular complexity index is 1180. The summed E-state index contributed by atoms with van der Waals surface area (Å²) in [6.45, 7) is 8.71. The number of esters is 1. The van der Waals surface area contributed by atoms with Crippen molar-refractivity contribution in [2.75, 3.05) is 13.2 Å². The van der Waals surface area contributed by atoms with Crippen LogP contribution in [-0.2, 0) is 20.8 Å². The molecule has 1 aliphatic rings. The Labute approximate surface area is 207 Å². The number of oxime groups is 1. The van der Waals surface area contributed by atoms with E-state index >= 15 is 0 Å². The van der Waals surface area contributed by atoms with Gasteiger partial charge in [-0.15, -0.1) is 0 Å². The average Bonchev–Trinajstić information content (AvgIpc) is 3.12. The normalized spacial score (nSPS) is 15.7. The number of aromatic hydroxyl groups is 1. The second-order valence-corrected chi connectivity index (χ2v) is 9.29. The van der Waals surface area contributed by atoms with Gasteiger partial charge in [0.15, 0.2) is 6.61 Å². The van der Waals surface area contributed by atoms with Gasteiger partial charge in [-0.1, -0.05) is 29.1 Å². The van der Waals surface area contributed by atoms with Crippen LogP contribution in [0.15, 0.2) is 29.4 Å². The van der Waals surface area contributed by atoms with Gasteiger partial charge >= 0.3 is 5.97 Å². The Morgan fingerprint density at radius 3 is 2.34 bits per heavy atom. The topological polar surface area (TPSA) is 124 Å². The summed E-state index contributed by atoms with van der Waals surface area (Å²) in [5.41, 5.74) is 3.70. The van der Waals surface area contributed by atoms with E-state index in [1.807, 2.05) is 12.1 Å². The quantitative estimate of drug-likeness (QED) is 0.174. The van der Waals surface area contributed by atoms with E-state index in [-0.39, 0.29) is 30.1 Å². The van der Waals surface area contributed by atoms with Gasteiger partial charge in [0.1, 0.15) is 23.9 Å². The first kappa shape index (κ1) is 26.1. The molecule has 1 unspecified atom stereocenters. The molecule has 0 spiro atoms. The van der Waals surface area contributed by atoms with Crippen LogP contribution in [0.2, 0.25) is 0 Å². The lowest BCUT2D eigenvalue weighted by atomic mass is 9.95. The number of carbonyl (C=O) groups is 3. The molecule has 0 aromatic heterocycles. The highest BCUT2D eigenvalue weighted by Crippen LogP contribution is 2.37. The van der Waals surface area contributed by atoms with Crippen molar-refractivity contribution in [3.8, 4) is 17.2 Å². The molecule has 1 saturated heterocycles. The number of nitrogens with one attached hydrogen (secondary N) is 1. The first-order valence-electron chi connectivity index (χ1n) is 11.0. The average molecular weight is 501 g/mol. The molecule has 3 rings (SSSR count). The van der Waals surface area contributed by atoms with Crippen molar-refractivity contribution in [1.82, 2.24) is 5.32 Å². The third kappa shape index (κ3) is 6.33. The number of imide groups is 1. The molecule has 9 nitrogen and oxygen atoms in total. The number of ether oxygens (including phenoxy) is 2. The first-order valence-corrected chi connectivity index (χ1v) is 11.9. The number of phenols is 1. The Hall–Kier alpha value is -3.53. The zero-order valence-electron chi connectivity index (χ0n) is 20.3. The molecule has 0 bridgehead atoms. The molecule has 10 heteroatoms. The van der Waals surface area contributed by atoms with Crippen LogP contribution in [0.25, 0.3) is 0 Å². The maximum atomic E-state index is 11.7. The molecule has 2 aromatic carbocycles. The molecule has 1 fully saturated rings. The Balaban J connectivity index is 1.55. The second kappa shape index (κ2) is 11.3. The number of hydrogen-bond donors (Lipinski definition) is 2. The van der Waals surface area contributed by atoms with Crippen LogP contribution >= 0.6 is 11.8 Å². The molecule has 2 amide bonds. The lowest BCUT2D eigenvalue weighted by molar-refractivity contribution is -0.132. The summed E-state index contributed by atoms with van der Waals surface area (Å²) in [7, 11) is 0. The summed E-state index contributed by atoms with van der Waals surface area (Å²) in [6.07, 6.45) is 0.462. The second-order valence-electron chi connectivity index (χ2n) is 8.11. The molecule has 0 aliphatic carbocycles. The fourth-order valence-corrected chi connectivity index (χ4v) is 4.56. The molecule has 1 atom stereocenters. The van der Waals surface area contributed by atoms with Gasteiger partial charge in [0.05, 0.1) is 11.0 Å². The van der Waals surface area contributed by atoms with Crippen molar-refractivity contribution in [3.05, 3.63) is 52.1 Å². The summed E-state index contributed by atoms with van der Waals surface area (Å²) in [5.74, 6) is 0.394. The molecular formula is C25H28N2O7S. The van der Waals surface area contributed by atoms with Crippen molar-refractivity contribution in [1.29, 1.82) is 0 Å². The van der Waals surface area contributed by atoms with Gasteiger partial charge in [-0.2, -0.15) is 0 Å². The number of rotatable bonds is 9. The van der Waals surface area contributed by atoms with Crippen LogP contribution in [0, 0.1) is 20.8 Å². The van der Waals surface area contributed by atoms with Crippen LogP contribution < -0.4 is 14.8 Å². The van der Waals surface area contributed by atoms with Crippen molar-refractivity contribution in [3.63, 3.8) is 0 Å². The molecule has 2 N–H and O–H groups in total. The fourth-order valence-electron chi connectivity index (χ4n) is 3.70. The Kier molecular flexibility index (Phi) is 8.39. The molecule has 186 valence electrons. The minimum Gasteiger partial charge on any atom is -0.507 e. The van der Waals surface area contributed by atoms with Crippen LogP contribution in [-0.4, -0.2) is 46.4 Å². The van der Waals surface area contributed by atoms with Crippen LogP contribution in [0.3, 0.4) is 0 Å². The molecule has 0 saturated carbocycles. The van der Waals surface area contributed by atoms with Crippen molar-refractivity contribution >= 4 is 34.6 Å². The monoisotopic (exact) mass is 500 g/mol. The largest absolute Gasteiger partial charge is 0.507 e. The summed E-state index contributed by atoms with van der Waals surface area (Å²) in [4.78, 5) is 39.8. The predicted octanol–water partition coefficient (Wildman–Crippen LogP) is 3.96. The third-order valence-electron chi connectivity index (χ3n) is 5.57. The van der Waals surface area contributed by atoms with Crippen molar-refractivity contribution in [2.45, 2.75) is 46.3 Å². The zero-order valence-corrected chi connectivity index (χ0v) is 21.1. The van der Waals surface area contributed by atoms with Gasteiger partial charge in [0, 0.05) is 18.1 Å². The fraction of sp³-hybridized carbons (Fsp3) is 0.360.